The Morgan fingerprint density at radius 3 is 1.45 bits per heavy atom. The topological polar surface area (TPSA) is 38.7 Å². The number of rotatable bonds is 5. The number of benzene rings is 4. The molecule has 4 heteroatoms. The summed E-state index contributed by atoms with van der Waals surface area (Å²) in [4.78, 5) is 13.3. The summed E-state index contributed by atoms with van der Waals surface area (Å²) in [6.45, 7) is 5.56. The molecule has 0 radical (unpaired) electrons. The minimum atomic E-state index is -1.45. The zero-order valence-electron chi connectivity index (χ0n) is 28.6. The molecule has 3 aromatic heterocycles. The van der Waals surface area contributed by atoms with E-state index in [1.165, 1.54) is 0 Å². The molecule has 0 bridgehead atoms. The maximum Gasteiger partial charge on any atom is 3.00 e. The first-order valence-electron chi connectivity index (χ1n) is 16.1. The average Bonchev–Trinajstić information content (AvgIpc) is 3.13. The quantitative estimate of drug-likeness (QED) is 0.163. The molecule has 0 amide bonds. The van der Waals surface area contributed by atoms with E-state index in [0.29, 0.717) is 5.56 Å². The van der Waals surface area contributed by atoms with Crippen LogP contribution in [-0.2, 0) is 26.5 Å². The zero-order chi connectivity index (χ0) is 33.8. The molecule has 0 saturated carbocycles. The van der Waals surface area contributed by atoms with E-state index in [-0.39, 0.29) is 20.1 Å². The number of pyridine rings is 3. The molecule has 4 aromatic carbocycles. The van der Waals surface area contributed by atoms with Gasteiger partial charge in [0.15, 0.2) is 0 Å². The van der Waals surface area contributed by atoms with Gasteiger partial charge in [-0.1, -0.05) is 67.6 Å². The van der Waals surface area contributed by atoms with E-state index in [4.69, 9.17) is 2.74 Å². The van der Waals surface area contributed by atoms with Gasteiger partial charge in [-0.05, 0) is 60.6 Å². The van der Waals surface area contributed by atoms with E-state index in [9.17, 15) is 0 Å². The van der Waals surface area contributed by atoms with Crippen molar-refractivity contribution in [2.45, 2.75) is 27.1 Å². The van der Waals surface area contributed by atoms with Crippen LogP contribution >= 0.6 is 0 Å². The molecule has 0 unspecified atom stereocenters. The van der Waals surface area contributed by atoms with E-state index in [1.807, 2.05) is 159 Å². The fourth-order valence-electron chi connectivity index (χ4n) is 4.70. The van der Waals surface area contributed by atoms with Gasteiger partial charge in [0.05, 0.1) is 0 Å². The van der Waals surface area contributed by atoms with E-state index >= 15 is 0 Å². The van der Waals surface area contributed by atoms with Crippen LogP contribution in [0.3, 0.4) is 0 Å². The fraction of sp³-hybridized carbons (Fsp3) is 0.0930. The summed E-state index contributed by atoms with van der Waals surface area (Å²) in [5, 5.41) is 0. The summed E-state index contributed by atoms with van der Waals surface area (Å²) < 4.78 is 16.3. The van der Waals surface area contributed by atoms with Gasteiger partial charge in [0.1, 0.15) is 0 Å². The Morgan fingerprint density at radius 2 is 1.02 bits per heavy atom. The van der Waals surface area contributed by atoms with Crippen molar-refractivity contribution in [3.8, 4) is 44.9 Å². The van der Waals surface area contributed by atoms with Gasteiger partial charge in [0.2, 0.25) is 0 Å². The second-order valence-corrected chi connectivity index (χ2v) is 10.4. The predicted octanol–water partition coefficient (Wildman–Crippen LogP) is 10.5. The van der Waals surface area contributed by atoms with Gasteiger partial charge in [-0.3, -0.25) is 0 Å². The molecule has 47 heavy (non-hydrogen) atoms. The third kappa shape index (κ3) is 10.2. The molecule has 7 aromatic rings. The molecule has 0 spiro atoms. The molecule has 0 N–H and O–H groups in total. The zero-order valence-corrected chi connectivity index (χ0v) is 29.0. The molecule has 0 fully saturated rings. The summed E-state index contributed by atoms with van der Waals surface area (Å²) in [7, 11) is 0. The Labute approximate surface area is 295 Å². The van der Waals surface area contributed by atoms with Crippen molar-refractivity contribution < 1.29 is 22.8 Å². The Kier molecular flexibility index (Phi) is 12.4. The third-order valence-electron chi connectivity index (χ3n) is 6.99. The van der Waals surface area contributed by atoms with Gasteiger partial charge >= 0.3 is 20.1 Å². The van der Waals surface area contributed by atoms with Crippen LogP contribution in [0.5, 0.6) is 0 Å². The number of aryl methyl sites for hydroxylation is 3. The van der Waals surface area contributed by atoms with Crippen molar-refractivity contribution in [1.29, 1.82) is 0 Å². The Bertz CT molecular complexity index is 1940. The first-order valence-corrected chi connectivity index (χ1v) is 15.1. The van der Waals surface area contributed by atoms with E-state index < -0.39 is 6.37 Å². The van der Waals surface area contributed by atoms with Crippen molar-refractivity contribution in [1.82, 2.24) is 15.0 Å². The molecule has 3 heterocycles. The Balaban J connectivity index is 0.000000173. The van der Waals surface area contributed by atoms with Crippen LogP contribution in [0.25, 0.3) is 44.9 Å². The minimum Gasteiger partial charge on any atom is -0.304 e. The van der Waals surface area contributed by atoms with Crippen LogP contribution in [0, 0.1) is 32.0 Å². The first-order chi connectivity index (χ1) is 23.3. The van der Waals surface area contributed by atoms with Crippen molar-refractivity contribution in [2.75, 3.05) is 0 Å². The Hall–Kier alpha value is -5.02. The molecule has 232 valence electrons. The summed E-state index contributed by atoms with van der Waals surface area (Å²) in [5.41, 5.74) is 10.2. The molecular formula is C43H36IrN3. The molecular weight excluding hydrogens is 751 g/mol. The molecule has 0 aliphatic rings. The molecule has 3 nitrogen and oxygen atoms in total. The SMILES string of the molecule is Cc1cccc(-c2[c-]cccc2)n1.Cc1cccc(-c2[c-]cccc2)n1.[2H]C([2H])(C)c1cc(-c2[c-]cccc2)ncc1-c1ccccc1.[Ir+3]. The second kappa shape index (κ2) is 18.2. The summed E-state index contributed by atoms with van der Waals surface area (Å²) in [5.74, 6) is 0. The first kappa shape index (κ1) is 31.9. The average molecular weight is 789 g/mol. The standard InChI is InChI=1S/C19H16N.2C12H10N.Ir/c1-2-15-13-19(17-11-7-4-8-12-17)20-14-18(15)16-9-5-3-6-10-16;2*1-10-6-5-9-12(13-10)11-7-3-2-4-8-11;/h3-11,13-14H,2H2,1H3;2*2-7,9H,1H3;/q3*-1;+3/i2D2;;;. The second-order valence-electron chi connectivity index (χ2n) is 10.4. The van der Waals surface area contributed by atoms with Crippen LogP contribution in [0.15, 0.2) is 152 Å². The van der Waals surface area contributed by atoms with E-state index in [0.717, 1.165) is 56.3 Å². The van der Waals surface area contributed by atoms with Gasteiger partial charge in [-0.2, -0.15) is 0 Å². The van der Waals surface area contributed by atoms with E-state index in [1.54, 1.807) is 13.1 Å². The number of nitrogens with zero attached hydrogens (tertiary/aromatic N) is 3. The summed E-state index contributed by atoms with van der Waals surface area (Å²) >= 11 is 0. The fourth-order valence-corrected chi connectivity index (χ4v) is 4.70. The largest absolute Gasteiger partial charge is 3.00 e. The van der Waals surface area contributed by atoms with Crippen LogP contribution in [0.1, 0.15) is 26.6 Å². The monoisotopic (exact) mass is 789 g/mol. The third-order valence-corrected chi connectivity index (χ3v) is 6.99. The molecule has 0 aliphatic carbocycles. The summed E-state index contributed by atoms with van der Waals surface area (Å²) in [6, 6.07) is 56.4. The van der Waals surface area contributed by atoms with Crippen molar-refractivity contribution >= 4 is 0 Å². The van der Waals surface area contributed by atoms with Crippen molar-refractivity contribution in [3.63, 3.8) is 0 Å². The normalized spacial score (nSPS) is 10.9. The van der Waals surface area contributed by atoms with Gasteiger partial charge < -0.3 is 15.0 Å². The number of hydrogen-bond donors (Lipinski definition) is 0. The number of aromatic nitrogens is 3. The number of hydrogen-bond acceptors (Lipinski definition) is 3. The van der Waals surface area contributed by atoms with E-state index in [2.05, 4.69) is 33.2 Å². The van der Waals surface area contributed by atoms with Gasteiger partial charge in [-0.25, -0.2) is 0 Å². The predicted molar refractivity (Wildman–Crippen MR) is 190 cm³/mol. The molecule has 0 saturated heterocycles. The molecule has 0 atom stereocenters. The Morgan fingerprint density at radius 1 is 0.553 bits per heavy atom. The van der Waals surface area contributed by atoms with Crippen LogP contribution in [0.4, 0.5) is 0 Å². The van der Waals surface area contributed by atoms with Crippen LogP contribution in [0.2, 0.25) is 0 Å². The maximum atomic E-state index is 8.15. The molecule has 7 rings (SSSR count). The van der Waals surface area contributed by atoms with Gasteiger partial charge in [0.25, 0.3) is 0 Å². The smallest absolute Gasteiger partial charge is 0.304 e. The van der Waals surface area contributed by atoms with Crippen LogP contribution in [-0.4, -0.2) is 15.0 Å². The molecule has 0 aliphatic heterocycles. The van der Waals surface area contributed by atoms with Crippen LogP contribution < -0.4 is 0 Å². The van der Waals surface area contributed by atoms with Gasteiger partial charge in [-0.15, -0.1) is 108 Å². The van der Waals surface area contributed by atoms with Crippen molar-refractivity contribution in [3.05, 3.63) is 187 Å². The maximum absolute atomic E-state index is 8.15. The summed E-state index contributed by atoms with van der Waals surface area (Å²) in [6.07, 6.45) is 0.305. The van der Waals surface area contributed by atoms with Gasteiger partial charge in [0, 0.05) is 25.9 Å². The van der Waals surface area contributed by atoms with Crippen molar-refractivity contribution in [2.24, 2.45) is 0 Å². The minimum absolute atomic E-state index is 0.